The molecule has 0 aromatic heterocycles. The van der Waals surface area contributed by atoms with Crippen molar-refractivity contribution in [3.8, 4) is 0 Å². The van der Waals surface area contributed by atoms with Crippen LogP contribution in [0.3, 0.4) is 0 Å². The van der Waals surface area contributed by atoms with Gasteiger partial charge in [0.1, 0.15) is 0 Å². The number of fused-ring (bicyclic) bond motifs is 1. The minimum absolute atomic E-state index is 0.0221. The zero-order valence-electron chi connectivity index (χ0n) is 11.8. The van der Waals surface area contributed by atoms with Crippen LogP contribution < -0.4 is 10.6 Å². The highest BCUT2D eigenvalue weighted by Crippen LogP contribution is 2.35. The molecule has 8 nitrogen and oxygen atoms in total. The number of carboxylic acids is 1. The lowest BCUT2D eigenvalue weighted by molar-refractivity contribution is -0.139. The third kappa shape index (κ3) is 2.62. The zero-order valence-corrected chi connectivity index (χ0v) is 11.8. The number of carbonyl (C=O) groups is 3. The highest BCUT2D eigenvalue weighted by molar-refractivity contribution is 5.79. The van der Waals surface area contributed by atoms with Crippen LogP contribution in [-0.2, 0) is 4.79 Å². The lowest BCUT2D eigenvalue weighted by Crippen LogP contribution is -2.62. The summed E-state index contributed by atoms with van der Waals surface area (Å²) in [6.45, 7) is 2.06. The minimum atomic E-state index is -0.884. The van der Waals surface area contributed by atoms with E-state index in [1.54, 1.807) is 9.80 Å². The molecule has 1 atom stereocenters. The van der Waals surface area contributed by atoms with Crippen LogP contribution in [0.15, 0.2) is 0 Å². The summed E-state index contributed by atoms with van der Waals surface area (Å²) in [5.74, 6) is -0.884. The second-order valence-corrected chi connectivity index (χ2v) is 6.11. The Hall–Kier alpha value is -1.99. The van der Waals surface area contributed by atoms with E-state index >= 15 is 0 Å². The third-order valence-electron chi connectivity index (χ3n) is 4.69. The molecule has 1 unspecified atom stereocenters. The van der Waals surface area contributed by atoms with Crippen molar-refractivity contribution in [1.29, 1.82) is 0 Å². The molecule has 0 spiro atoms. The van der Waals surface area contributed by atoms with Crippen molar-refractivity contribution in [2.45, 2.75) is 37.3 Å². The Balaban J connectivity index is 1.58. The molecule has 2 saturated heterocycles. The Morgan fingerprint density at radius 2 is 2.14 bits per heavy atom. The molecular formula is C13H20N4O4. The smallest absolute Gasteiger partial charge is 0.317 e. The molecule has 116 valence electrons. The van der Waals surface area contributed by atoms with Crippen LogP contribution in [0, 0.1) is 0 Å². The van der Waals surface area contributed by atoms with Crippen LogP contribution in [0.2, 0.25) is 0 Å². The molecule has 2 aliphatic heterocycles. The summed E-state index contributed by atoms with van der Waals surface area (Å²) in [6.07, 6.45) is 2.35. The second kappa shape index (κ2) is 5.09. The van der Waals surface area contributed by atoms with Gasteiger partial charge >= 0.3 is 18.0 Å². The molecule has 3 N–H and O–H groups in total. The predicted octanol–water partition coefficient (Wildman–Crippen LogP) is -0.197. The van der Waals surface area contributed by atoms with Crippen LogP contribution in [-0.4, -0.2) is 70.7 Å². The van der Waals surface area contributed by atoms with Gasteiger partial charge in [-0.05, 0) is 19.3 Å². The average molecular weight is 296 g/mol. The van der Waals surface area contributed by atoms with Crippen molar-refractivity contribution in [2.24, 2.45) is 0 Å². The first-order valence-corrected chi connectivity index (χ1v) is 7.32. The van der Waals surface area contributed by atoms with Crippen molar-refractivity contribution in [2.75, 3.05) is 26.2 Å². The number of aliphatic carboxylic acids is 1. The largest absolute Gasteiger partial charge is 0.481 e. The molecule has 2 heterocycles. The number of hydrogen-bond donors (Lipinski definition) is 3. The summed E-state index contributed by atoms with van der Waals surface area (Å²) in [6, 6.07) is -0.259. The van der Waals surface area contributed by atoms with Crippen LogP contribution in [0.25, 0.3) is 0 Å². The summed E-state index contributed by atoms with van der Waals surface area (Å²) in [7, 11) is 0. The zero-order chi connectivity index (χ0) is 15.0. The lowest BCUT2D eigenvalue weighted by atomic mass is 9.74. The standard InChI is InChI=1S/C13H20N4O4/c18-10(19)6-13(2-1-3-13)15-12(21)16-4-5-17-9(8-16)7-14-11(17)20/h9H,1-8H2,(H,14,20)(H,15,21)(H,18,19). The molecule has 3 aliphatic rings. The summed E-state index contributed by atoms with van der Waals surface area (Å²) >= 11 is 0. The molecular weight excluding hydrogens is 276 g/mol. The number of piperazine rings is 1. The average Bonchev–Trinajstić information content (AvgIpc) is 2.77. The molecule has 0 aromatic carbocycles. The van der Waals surface area contributed by atoms with E-state index in [1.165, 1.54) is 0 Å². The van der Waals surface area contributed by atoms with Crippen molar-refractivity contribution < 1.29 is 19.5 Å². The molecule has 1 aliphatic carbocycles. The van der Waals surface area contributed by atoms with E-state index < -0.39 is 11.5 Å². The van der Waals surface area contributed by atoms with Gasteiger partial charge in [0, 0.05) is 26.2 Å². The number of amides is 4. The Labute approximate surface area is 122 Å². The lowest BCUT2D eigenvalue weighted by Gasteiger charge is -2.44. The maximum absolute atomic E-state index is 12.4. The fourth-order valence-corrected chi connectivity index (χ4v) is 3.33. The molecule has 21 heavy (non-hydrogen) atoms. The quantitative estimate of drug-likeness (QED) is 0.671. The van der Waals surface area contributed by atoms with E-state index in [0.29, 0.717) is 39.0 Å². The highest BCUT2D eigenvalue weighted by Gasteiger charge is 2.43. The van der Waals surface area contributed by atoms with Gasteiger partial charge in [0.05, 0.1) is 18.0 Å². The Morgan fingerprint density at radius 3 is 2.76 bits per heavy atom. The molecule has 0 bridgehead atoms. The Kier molecular flexibility index (Phi) is 3.38. The monoisotopic (exact) mass is 296 g/mol. The van der Waals surface area contributed by atoms with Gasteiger partial charge < -0.3 is 25.5 Å². The second-order valence-electron chi connectivity index (χ2n) is 6.11. The maximum Gasteiger partial charge on any atom is 0.317 e. The Morgan fingerprint density at radius 1 is 1.38 bits per heavy atom. The minimum Gasteiger partial charge on any atom is -0.481 e. The summed E-state index contributed by atoms with van der Waals surface area (Å²) in [5, 5.41) is 14.6. The number of rotatable bonds is 3. The van der Waals surface area contributed by atoms with E-state index in [4.69, 9.17) is 5.11 Å². The Bertz CT molecular complexity index is 477. The van der Waals surface area contributed by atoms with Crippen LogP contribution in [0.1, 0.15) is 25.7 Å². The SMILES string of the molecule is O=C(O)CC1(NC(=O)N2CCN3C(=O)NCC3C2)CCC1. The van der Waals surface area contributed by atoms with Gasteiger partial charge in [-0.25, -0.2) is 9.59 Å². The van der Waals surface area contributed by atoms with Gasteiger partial charge in [-0.1, -0.05) is 0 Å². The third-order valence-corrected chi connectivity index (χ3v) is 4.69. The summed E-state index contributed by atoms with van der Waals surface area (Å²) < 4.78 is 0. The van der Waals surface area contributed by atoms with Crippen molar-refractivity contribution >= 4 is 18.0 Å². The van der Waals surface area contributed by atoms with Gasteiger partial charge in [-0.3, -0.25) is 4.79 Å². The first kappa shape index (κ1) is 14.0. The number of nitrogens with one attached hydrogen (secondary N) is 2. The normalized spacial score (nSPS) is 26.7. The van der Waals surface area contributed by atoms with E-state index in [-0.39, 0.29) is 24.5 Å². The topological polar surface area (TPSA) is 102 Å². The molecule has 3 fully saturated rings. The number of carbonyl (C=O) groups excluding carboxylic acids is 2. The van der Waals surface area contributed by atoms with E-state index in [0.717, 1.165) is 6.42 Å². The van der Waals surface area contributed by atoms with Gasteiger partial charge in [-0.15, -0.1) is 0 Å². The number of nitrogens with zero attached hydrogens (tertiary/aromatic N) is 2. The predicted molar refractivity (Wildman–Crippen MR) is 72.8 cm³/mol. The molecule has 1 saturated carbocycles. The van der Waals surface area contributed by atoms with Gasteiger partial charge in [0.2, 0.25) is 0 Å². The number of urea groups is 2. The van der Waals surface area contributed by atoms with Gasteiger partial charge in [0.15, 0.2) is 0 Å². The summed E-state index contributed by atoms with van der Waals surface area (Å²) in [4.78, 5) is 38.2. The molecule has 4 amide bonds. The first-order chi connectivity index (χ1) is 9.99. The van der Waals surface area contributed by atoms with Crippen molar-refractivity contribution in [1.82, 2.24) is 20.4 Å². The molecule has 0 radical (unpaired) electrons. The molecule has 0 aromatic rings. The van der Waals surface area contributed by atoms with Crippen LogP contribution >= 0.6 is 0 Å². The van der Waals surface area contributed by atoms with Crippen molar-refractivity contribution in [3.63, 3.8) is 0 Å². The maximum atomic E-state index is 12.4. The van der Waals surface area contributed by atoms with E-state index in [9.17, 15) is 14.4 Å². The molecule has 8 heteroatoms. The number of hydrogen-bond acceptors (Lipinski definition) is 3. The van der Waals surface area contributed by atoms with Gasteiger partial charge in [-0.2, -0.15) is 0 Å². The van der Waals surface area contributed by atoms with E-state index in [2.05, 4.69) is 10.6 Å². The highest BCUT2D eigenvalue weighted by atomic mass is 16.4. The van der Waals surface area contributed by atoms with Gasteiger partial charge in [0.25, 0.3) is 0 Å². The first-order valence-electron chi connectivity index (χ1n) is 7.32. The molecule has 3 rings (SSSR count). The van der Waals surface area contributed by atoms with Crippen LogP contribution in [0.4, 0.5) is 9.59 Å². The fourth-order valence-electron chi connectivity index (χ4n) is 3.33. The number of carboxylic acid groups (broad SMARTS) is 1. The van der Waals surface area contributed by atoms with Crippen molar-refractivity contribution in [3.05, 3.63) is 0 Å². The summed E-state index contributed by atoms with van der Waals surface area (Å²) in [5.41, 5.74) is -0.580. The van der Waals surface area contributed by atoms with E-state index in [1.807, 2.05) is 0 Å². The fraction of sp³-hybridized carbons (Fsp3) is 0.769. The van der Waals surface area contributed by atoms with Crippen LogP contribution in [0.5, 0.6) is 0 Å².